The summed E-state index contributed by atoms with van der Waals surface area (Å²) in [7, 11) is 0. The normalized spacial score (nSPS) is 23.8. The summed E-state index contributed by atoms with van der Waals surface area (Å²) in [5.74, 6) is 0.285. The van der Waals surface area contributed by atoms with Gasteiger partial charge in [0.25, 0.3) is 0 Å². The first kappa shape index (κ1) is 13.1. The van der Waals surface area contributed by atoms with Crippen molar-refractivity contribution in [2.24, 2.45) is 11.8 Å². The molecule has 98 valence electrons. The molecule has 1 aromatic carbocycles. The molecule has 0 aliphatic heterocycles. The third-order valence-electron chi connectivity index (χ3n) is 3.80. The van der Waals surface area contributed by atoms with Crippen LogP contribution in [-0.2, 0) is 4.79 Å². The van der Waals surface area contributed by atoms with E-state index in [1.807, 2.05) is 13.0 Å². The summed E-state index contributed by atoms with van der Waals surface area (Å²) in [6.07, 6.45) is 0.761. The van der Waals surface area contributed by atoms with Gasteiger partial charge < -0.3 is 5.32 Å². The molecule has 2 rings (SSSR count). The number of rotatable bonds is 4. The lowest BCUT2D eigenvalue weighted by Crippen LogP contribution is -2.37. The third-order valence-corrected chi connectivity index (χ3v) is 3.80. The molecule has 3 atom stereocenters. The van der Waals surface area contributed by atoms with E-state index in [1.165, 1.54) is 6.07 Å². The second kappa shape index (κ2) is 5.09. The maximum atomic E-state index is 13.6. The highest BCUT2D eigenvalue weighted by Crippen LogP contribution is 2.48. The van der Waals surface area contributed by atoms with Crippen molar-refractivity contribution in [3.8, 4) is 0 Å². The second-order valence-electron chi connectivity index (χ2n) is 5.51. The number of nitrogens with one attached hydrogen (secondary N) is 1. The van der Waals surface area contributed by atoms with Crippen molar-refractivity contribution >= 4 is 5.91 Å². The summed E-state index contributed by atoms with van der Waals surface area (Å²) in [6, 6.07) is 6.90. The smallest absolute Gasteiger partial charge is 0.223 e. The van der Waals surface area contributed by atoms with E-state index in [0.29, 0.717) is 11.5 Å². The molecule has 0 aromatic heterocycles. The molecule has 1 aromatic rings. The minimum Gasteiger partial charge on any atom is -0.353 e. The van der Waals surface area contributed by atoms with E-state index in [9.17, 15) is 9.18 Å². The van der Waals surface area contributed by atoms with Crippen molar-refractivity contribution in [2.45, 2.75) is 39.2 Å². The summed E-state index contributed by atoms with van der Waals surface area (Å²) in [4.78, 5) is 12.0. The largest absolute Gasteiger partial charge is 0.353 e. The Hall–Kier alpha value is -1.38. The predicted octanol–water partition coefficient (Wildman–Crippen LogP) is 3.09. The Balaban J connectivity index is 1.95. The lowest BCUT2D eigenvalue weighted by Gasteiger charge is -2.17. The van der Waals surface area contributed by atoms with Crippen LogP contribution in [0.5, 0.6) is 0 Å². The van der Waals surface area contributed by atoms with Gasteiger partial charge in [0.05, 0.1) is 0 Å². The first-order valence-electron chi connectivity index (χ1n) is 6.55. The Morgan fingerprint density at radius 2 is 2.00 bits per heavy atom. The molecule has 0 bridgehead atoms. The molecule has 3 heteroatoms. The second-order valence-corrected chi connectivity index (χ2v) is 5.51. The Morgan fingerprint density at radius 3 is 2.61 bits per heavy atom. The van der Waals surface area contributed by atoms with Crippen molar-refractivity contribution in [1.82, 2.24) is 5.32 Å². The molecule has 1 amide bonds. The van der Waals surface area contributed by atoms with Gasteiger partial charge in [0.15, 0.2) is 0 Å². The standard InChI is InChI=1S/C15H20FNO/c1-9(2)10(3)17-15(18)13-8-12(13)11-6-4-5-7-14(11)16/h4-7,9-10,12-13H,8H2,1-3H3,(H,17,18). The minimum absolute atomic E-state index is 0.0527. The summed E-state index contributed by atoms with van der Waals surface area (Å²) in [5.41, 5.74) is 0.676. The first-order valence-corrected chi connectivity index (χ1v) is 6.55. The SMILES string of the molecule is CC(C)C(C)NC(=O)C1CC1c1ccccc1F. The van der Waals surface area contributed by atoms with Crippen molar-refractivity contribution in [3.05, 3.63) is 35.6 Å². The topological polar surface area (TPSA) is 29.1 Å². The molecule has 0 radical (unpaired) electrons. The summed E-state index contributed by atoms with van der Waals surface area (Å²) in [6.45, 7) is 6.15. The molecule has 0 heterocycles. The van der Waals surface area contributed by atoms with Crippen molar-refractivity contribution in [3.63, 3.8) is 0 Å². The van der Waals surface area contributed by atoms with Gasteiger partial charge in [-0.15, -0.1) is 0 Å². The van der Waals surface area contributed by atoms with Gasteiger partial charge in [-0.3, -0.25) is 4.79 Å². The van der Waals surface area contributed by atoms with E-state index in [1.54, 1.807) is 12.1 Å². The van der Waals surface area contributed by atoms with Gasteiger partial charge in [-0.25, -0.2) is 4.39 Å². The molecule has 2 nitrogen and oxygen atoms in total. The summed E-state index contributed by atoms with van der Waals surface area (Å²) >= 11 is 0. The molecule has 18 heavy (non-hydrogen) atoms. The van der Waals surface area contributed by atoms with E-state index in [0.717, 1.165) is 6.42 Å². The number of hydrogen-bond acceptors (Lipinski definition) is 1. The van der Waals surface area contributed by atoms with Crippen LogP contribution in [-0.4, -0.2) is 11.9 Å². The van der Waals surface area contributed by atoms with Crippen LogP contribution in [0.4, 0.5) is 4.39 Å². The first-order chi connectivity index (χ1) is 8.50. The zero-order valence-corrected chi connectivity index (χ0v) is 11.1. The molecular formula is C15H20FNO. The Kier molecular flexibility index (Phi) is 3.69. The fourth-order valence-corrected chi connectivity index (χ4v) is 2.10. The van der Waals surface area contributed by atoms with E-state index in [-0.39, 0.29) is 29.6 Å². The average Bonchev–Trinajstić information content (AvgIpc) is 3.09. The van der Waals surface area contributed by atoms with Crippen molar-refractivity contribution in [1.29, 1.82) is 0 Å². The van der Waals surface area contributed by atoms with Gasteiger partial charge in [0.1, 0.15) is 5.82 Å². The molecule has 0 spiro atoms. The molecular weight excluding hydrogens is 229 g/mol. The monoisotopic (exact) mass is 249 g/mol. The molecule has 1 aliphatic carbocycles. The van der Waals surface area contributed by atoms with E-state index in [2.05, 4.69) is 19.2 Å². The maximum absolute atomic E-state index is 13.6. The third kappa shape index (κ3) is 2.71. The Morgan fingerprint density at radius 1 is 1.33 bits per heavy atom. The number of hydrogen-bond donors (Lipinski definition) is 1. The number of halogens is 1. The Bertz CT molecular complexity index is 444. The van der Waals surface area contributed by atoms with Gasteiger partial charge in [0, 0.05) is 12.0 Å². The lowest BCUT2D eigenvalue weighted by molar-refractivity contribution is -0.123. The highest BCUT2D eigenvalue weighted by atomic mass is 19.1. The summed E-state index contributed by atoms with van der Waals surface area (Å²) < 4.78 is 13.6. The zero-order chi connectivity index (χ0) is 13.3. The van der Waals surface area contributed by atoms with E-state index < -0.39 is 0 Å². The van der Waals surface area contributed by atoms with Crippen LogP contribution in [0.15, 0.2) is 24.3 Å². The molecule has 1 saturated carbocycles. The molecule has 1 fully saturated rings. The maximum Gasteiger partial charge on any atom is 0.223 e. The zero-order valence-electron chi connectivity index (χ0n) is 11.1. The van der Waals surface area contributed by atoms with Crippen LogP contribution in [0.1, 0.15) is 38.7 Å². The number of amides is 1. The highest BCUT2D eigenvalue weighted by molar-refractivity contribution is 5.83. The van der Waals surface area contributed by atoms with Gasteiger partial charge in [-0.2, -0.15) is 0 Å². The Labute approximate surface area is 108 Å². The predicted molar refractivity (Wildman–Crippen MR) is 69.7 cm³/mol. The lowest BCUT2D eigenvalue weighted by atomic mass is 10.1. The van der Waals surface area contributed by atoms with Crippen LogP contribution < -0.4 is 5.32 Å². The van der Waals surface area contributed by atoms with Gasteiger partial charge in [-0.05, 0) is 36.8 Å². The van der Waals surface area contributed by atoms with Gasteiger partial charge >= 0.3 is 0 Å². The average molecular weight is 249 g/mol. The van der Waals surface area contributed by atoms with Gasteiger partial charge in [0.2, 0.25) is 5.91 Å². The van der Waals surface area contributed by atoms with Crippen LogP contribution in [0, 0.1) is 17.7 Å². The summed E-state index contributed by atoms with van der Waals surface area (Å²) in [5, 5.41) is 3.00. The highest BCUT2D eigenvalue weighted by Gasteiger charge is 2.45. The molecule has 1 aliphatic rings. The molecule has 1 N–H and O–H groups in total. The van der Waals surface area contributed by atoms with Crippen LogP contribution >= 0.6 is 0 Å². The van der Waals surface area contributed by atoms with E-state index in [4.69, 9.17) is 0 Å². The fourth-order valence-electron chi connectivity index (χ4n) is 2.10. The van der Waals surface area contributed by atoms with Crippen LogP contribution in [0.25, 0.3) is 0 Å². The van der Waals surface area contributed by atoms with E-state index >= 15 is 0 Å². The van der Waals surface area contributed by atoms with Crippen molar-refractivity contribution < 1.29 is 9.18 Å². The molecule has 0 saturated heterocycles. The fraction of sp³-hybridized carbons (Fsp3) is 0.533. The quantitative estimate of drug-likeness (QED) is 0.873. The number of carbonyl (C=O) groups is 1. The number of carbonyl (C=O) groups excluding carboxylic acids is 1. The molecule has 3 unspecified atom stereocenters. The van der Waals surface area contributed by atoms with Crippen LogP contribution in [0.3, 0.4) is 0 Å². The van der Waals surface area contributed by atoms with Gasteiger partial charge in [-0.1, -0.05) is 32.0 Å². The van der Waals surface area contributed by atoms with Crippen LogP contribution in [0.2, 0.25) is 0 Å². The van der Waals surface area contributed by atoms with Crippen molar-refractivity contribution in [2.75, 3.05) is 0 Å². The minimum atomic E-state index is -0.199. The number of benzene rings is 1.